The molecule has 1 aliphatic carbocycles. The van der Waals surface area contributed by atoms with Crippen LogP contribution in [0.4, 0.5) is 4.39 Å². The Morgan fingerprint density at radius 1 is 1.58 bits per heavy atom. The molecule has 0 aromatic rings. The molecule has 1 nitrogen and oxygen atoms in total. The van der Waals surface area contributed by atoms with Crippen molar-refractivity contribution in [1.82, 2.24) is 0 Å². The van der Waals surface area contributed by atoms with Gasteiger partial charge in [-0.3, -0.25) is 0 Å². The highest BCUT2D eigenvalue weighted by Gasteiger charge is 2.30. The Morgan fingerprint density at radius 3 is 3.00 bits per heavy atom. The van der Waals surface area contributed by atoms with Crippen LogP contribution in [0.2, 0.25) is 5.82 Å². The smallest absolute Gasteiger partial charge is 0.280 e. The molecule has 1 rings (SSSR count). The van der Waals surface area contributed by atoms with E-state index >= 15 is 0 Å². The first-order valence-corrected chi connectivity index (χ1v) is 5.03. The number of rotatable bonds is 3. The molecule has 1 fully saturated rings. The highest BCUT2D eigenvalue weighted by atomic mass is 35.5. The molecule has 3 atom stereocenters. The molecule has 4 heteroatoms. The summed E-state index contributed by atoms with van der Waals surface area (Å²) in [5.74, 6) is 0.0289. The topological polar surface area (TPSA) is 9.23 Å². The fourth-order valence-electron chi connectivity index (χ4n) is 1.61. The Hall–Kier alpha value is 0.245. The monoisotopic (exact) mass is 192 g/mol. The van der Waals surface area contributed by atoms with E-state index in [1.165, 1.54) is 0 Å². The molecule has 0 heterocycles. The minimum Gasteiger partial charge on any atom is -0.439 e. The number of alkyl halides is 2. The highest BCUT2D eigenvalue weighted by molar-refractivity contribution is 6.30. The van der Waals surface area contributed by atoms with E-state index in [0.29, 0.717) is 20.5 Å². The number of halogens is 2. The van der Waals surface area contributed by atoms with Gasteiger partial charge in [-0.2, -0.15) is 0 Å². The van der Waals surface area contributed by atoms with Gasteiger partial charge in [0, 0.05) is 12.0 Å². The molecule has 1 aliphatic rings. The van der Waals surface area contributed by atoms with Gasteiger partial charge in [0.05, 0.1) is 6.17 Å². The Kier molecular flexibility index (Phi) is 4.37. The zero-order chi connectivity index (χ0) is 8.97. The van der Waals surface area contributed by atoms with Crippen molar-refractivity contribution in [3.63, 3.8) is 0 Å². The predicted molar refractivity (Wildman–Crippen MR) is 50.9 cm³/mol. The van der Waals surface area contributed by atoms with Crippen LogP contribution in [0.5, 0.6) is 0 Å². The summed E-state index contributed by atoms with van der Waals surface area (Å²) in [5.41, 5.74) is 0. The maximum atomic E-state index is 13.2. The molecule has 0 aromatic carbocycles. The van der Waals surface area contributed by atoms with Gasteiger partial charge < -0.3 is 4.65 Å². The third kappa shape index (κ3) is 2.94. The Bertz CT molecular complexity index is 136. The van der Waals surface area contributed by atoms with Crippen LogP contribution in [0.1, 0.15) is 26.2 Å². The van der Waals surface area contributed by atoms with Gasteiger partial charge in [-0.15, -0.1) is 11.6 Å². The van der Waals surface area contributed by atoms with Crippen molar-refractivity contribution in [1.29, 1.82) is 0 Å². The van der Waals surface area contributed by atoms with E-state index < -0.39 is 6.17 Å². The average molecular weight is 192 g/mol. The summed E-state index contributed by atoms with van der Waals surface area (Å²) in [4.78, 5) is 0. The fraction of sp³-hybridized carbons (Fsp3) is 1.00. The van der Waals surface area contributed by atoms with Crippen LogP contribution in [-0.2, 0) is 4.65 Å². The second-order valence-electron chi connectivity index (χ2n) is 3.35. The van der Waals surface area contributed by atoms with Crippen LogP contribution in [0, 0.1) is 0 Å². The van der Waals surface area contributed by atoms with E-state index in [2.05, 4.69) is 0 Å². The molecule has 70 valence electrons. The van der Waals surface area contributed by atoms with Crippen LogP contribution in [0.3, 0.4) is 0 Å². The largest absolute Gasteiger partial charge is 0.439 e. The van der Waals surface area contributed by atoms with E-state index in [1.807, 2.05) is 6.92 Å². The van der Waals surface area contributed by atoms with Gasteiger partial charge in [-0.05, 0) is 32.0 Å². The lowest BCUT2D eigenvalue weighted by Gasteiger charge is -2.27. The van der Waals surface area contributed by atoms with E-state index in [-0.39, 0.29) is 11.2 Å². The van der Waals surface area contributed by atoms with Crippen molar-refractivity contribution in [3.8, 4) is 0 Å². The van der Waals surface area contributed by atoms with Gasteiger partial charge in [0.25, 0.3) is 7.48 Å². The molecule has 0 N–H and O–H groups in total. The quantitative estimate of drug-likeness (QED) is 0.492. The van der Waals surface area contributed by atoms with E-state index in [4.69, 9.17) is 16.3 Å². The summed E-state index contributed by atoms with van der Waals surface area (Å²) >= 11 is 5.93. The maximum Gasteiger partial charge on any atom is 0.280 e. The summed E-state index contributed by atoms with van der Waals surface area (Å²) in [6, 6.07) is 0. The van der Waals surface area contributed by atoms with Crippen LogP contribution in [0.25, 0.3) is 0 Å². The van der Waals surface area contributed by atoms with E-state index in [1.54, 1.807) is 0 Å². The Morgan fingerprint density at radius 2 is 2.33 bits per heavy atom. The van der Waals surface area contributed by atoms with Gasteiger partial charge in [-0.1, -0.05) is 0 Å². The minimum absolute atomic E-state index is 0.0289. The molecule has 1 saturated carbocycles. The Balaban J connectivity index is 2.28. The average Bonchev–Trinajstić information content (AvgIpc) is 2.07. The van der Waals surface area contributed by atoms with Gasteiger partial charge in [0.15, 0.2) is 0 Å². The SMILES string of the molecule is CCOBC1CC(Cl)CCC1F. The summed E-state index contributed by atoms with van der Waals surface area (Å²) in [6.07, 6.45) is 1.48. The van der Waals surface area contributed by atoms with Crippen molar-refractivity contribution in [2.24, 2.45) is 0 Å². The minimum atomic E-state index is -0.702. The Labute approximate surface area is 78.9 Å². The van der Waals surface area contributed by atoms with Crippen molar-refractivity contribution in [2.75, 3.05) is 6.61 Å². The molecule has 0 saturated heterocycles. The van der Waals surface area contributed by atoms with Crippen molar-refractivity contribution in [3.05, 3.63) is 0 Å². The zero-order valence-corrected chi connectivity index (χ0v) is 8.19. The molecule has 0 aromatic heterocycles. The van der Waals surface area contributed by atoms with Crippen molar-refractivity contribution >= 4 is 19.1 Å². The predicted octanol–water partition coefficient (Wildman–Crippen LogP) is 2.29. The molecular weight excluding hydrogens is 177 g/mol. The number of hydrogen-bond donors (Lipinski definition) is 0. The van der Waals surface area contributed by atoms with Crippen molar-refractivity contribution in [2.45, 2.75) is 43.6 Å². The fourth-order valence-corrected chi connectivity index (χ4v) is 1.97. The molecule has 0 amide bonds. The molecule has 12 heavy (non-hydrogen) atoms. The van der Waals surface area contributed by atoms with Crippen LogP contribution < -0.4 is 0 Å². The third-order valence-corrected chi connectivity index (χ3v) is 2.76. The van der Waals surface area contributed by atoms with Gasteiger partial charge >= 0.3 is 0 Å². The summed E-state index contributed by atoms with van der Waals surface area (Å²) in [7, 11) is 0.529. The lowest BCUT2D eigenvalue weighted by Crippen LogP contribution is -2.27. The first kappa shape index (κ1) is 10.3. The zero-order valence-electron chi connectivity index (χ0n) is 7.43. The van der Waals surface area contributed by atoms with Gasteiger partial charge in [-0.25, -0.2) is 4.39 Å². The highest BCUT2D eigenvalue weighted by Crippen LogP contribution is 2.33. The molecule has 3 unspecified atom stereocenters. The molecule has 0 spiro atoms. The lowest BCUT2D eigenvalue weighted by molar-refractivity contribution is 0.234. The first-order chi connectivity index (χ1) is 5.74. The van der Waals surface area contributed by atoms with Crippen molar-refractivity contribution < 1.29 is 9.04 Å². The summed E-state index contributed by atoms with van der Waals surface area (Å²) in [6.45, 7) is 2.59. The standard InChI is InChI=1S/C8H15BClFO/c1-2-12-9-7-5-6(10)3-4-8(7)11/h6-9H,2-5H2,1H3. The van der Waals surface area contributed by atoms with Crippen LogP contribution >= 0.6 is 11.6 Å². The molecular formula is C8H15BClFO. The second kappa shape index (κ2) is 5.08. The van der Waals surface area contributed by atoms with Gasteiger partial charge in [0.1, 0.15) is 0 Å². The molecule has 0 bridgehead atoms. The second-order valence-corrected chi connectivity index (χ2v) is 3.96. The maximum absolute atomic E-state index is 13.2. The molecule has 0 aliphatic heterocycles. The molecule has 0 radical (unpaired) electrons. The summed E-state index contributed by atoms with van der Waals surface area (Å²) in [5, 5.41) is 0.155. The van der Waals surface area contributed by atoms with E-state index in [0.717, 1.165) is 12.8 Å². The van der Waals surface area contributed by atoms with E-state index in [9.17, 15) is 4.39 Å². The van der Waals surface area contributed by atoms with Gasteiger partial charge in [0.2, 0.25) is 0 Å². The normalized spacial score (nSPS) is 36.4. The van der Waals surface area contributed by atoms with Crippen LogP contribution in [0.15, 0.2) is 0 Å². The summed E-state index contributed by atoms with van der Waals surface area (Å²) < 4.78 is 18.4. The third-order valence-electron chi connectivity index (χ3n) is 2.36. The first-order valence-electron chi connectivity index (χ1n) is 4.60. The lowest BCUT2D eigenvalue weighted by atomic mass is 9.69. The number of hydrogen-bond acceptors (Lipinski definition) is 1. The van der Waals surface area contributed by atoms with Crippen LogP contribution in [-0.4, -0.2) is 25.6 Å².